The van der Waals surface area contributed by atoms with Crippen molar-refractivity contribution in [2.45, 2.75) is 13.3 Å². The summed E-state index contributed by atoms with van der Waals surface area (Å²) in [6.45, 7) is 2.06. The number of rotatable bonds is 4. The van der Waals surface area contributed by atoms with Crippen molar-refractivity contribution in [2.75, 3.05) is 27.2 Å². The molecular formula is C17H18ClN3O3S. The van der Waals surface area contributed by atoms with E-state index in [0.717, 1.165) is 5.56 Å². The first-order valence-corrected chi connectivity index (χ1v) is 9.84. The summed E-state index contributed by atoms with van der Waals surface area (Å²) < 4.78 is 25.8. The van der Waals surface area contributed by atoms with Gasteiger partial charge in [-0.2, -0.15) is 0 Å². The number of nitrogens with zero attached hydrogens (tertiary/aromatic N) is 1. The van der Waals surface area contributed by atoms with Gasteiger partial charge in [-0.15, -0.1) is 0 Å². The van der Waals surface area contributed by atoms with Crippen LogP contribution in [0.1, 0.15) is 12.5 Å². The summed E-state index contributed by atoms with van der Waals surface area (Å²) in [6.07, 6.45) is 0.672. The molecule has 2 aromatic rings. The molecule has 1 aliphatic rings. The zero-order valence-corrected chi connectivity index (χ0v) is 15.2. The minimum absolute atomic E-state index is 0.0428. The van der Waals surface area contributed by atoms with Gasteiger partial charge >= 0.3 is 6.03 Å². The summed E-state index contributed by atoms with van der Waals surface area (Å²) in [6, 6.07) is 11.6. The van der Waals surface area contributed by atoms with Gasteiger partial charge in [0.15, 0.2) is 0 Å². The summed E-state index contributed by atoms with van der Waals surface area (Å²) in [5.41, 5.74) is 2.73. The van der Waals surface area contributed by atoms with Crippen molar-refractivity contribution in [3.05, 3.63) is 53.1 Å². The minimum Gasteiger partial charge on any atom is -0.308 e. The van der Waals surface area contributed by atoms with E-state index < -0.39 is 16.1 Å². The Hall–Kier alpha value is -2.25. The molecule has 0 saturated heterocycles. The molecule has 0 atom stereocenters. The average molecular weight is 380 g/mol. The second kappa shape index (κ2) is 6.93. The van der Waals surface area contributed by atoms with E-state index in [1.807, 2.05) is 6.07 Å². The SMILES string of the molecule is CCS(=O)(=O)N1CCc2ccc(NC(=O)Nc3ccc(Cl)cc3)cc21. The van der Waals surface area contributed by atoms with E-state index in [1.54, 1.807) is 43.3 Å². The summed E-state index contributed by atoms with van der Waals surface area (Å²) >= 11 is 5.81. The molecule has 1 heterocycles. The molecule has 0 fully saturated rings. The molecule has 0 aliphatic carbocycles. The molecule has 25 heavy (non-hydrogen) atoms. The van der Waals surface area contributed by atoms with E-state index in [1.165, 1.54) is 4.31 Å². The lowest BCUT2D eigenvalue weighted by Crippen LogP contribution is -2.30. The zero-order chi connectivity index (χ0) is 18.0. The van der Waals surface area contributed by atoms with Gasteiger partial charge in [-0.3, -0.25) is 4.31 Å². The molecule has 0 bridgehead atoms. The first-order valence-electron chi connectivity index (χ1n) is 7.86. The molecule has 2 aromatic carbocycles. The number of nitrogens with one attached hydrogen (secondary N) is 2. The number of sulfonamides is 1. The Balaban J connectivity index is 1.75. The monoisotopic (exact) mass is 379 g/mol. The van der Waals surface area contributed by atoms with Crippen LogP contribution < -0.4 is 14.9 Å². The summed E-state index contributed by atoms with van der Waals surface area (Å²) in [5.74, 6) is 0.0428. The van der Waals surface area contributed by atoms with Gasteiger partial charge < -0.3 is 10.6 Å². The second-order valence-corrected chi connectivity index (χ2v) is 8.27. The van der Waals surface area contributed by atoms with Gasteiger partial charge in [-0.05, 0) is 55.3 Å². The molecule has 0 radical (unpaired) electrons. The number of carbonyl (C=O) groups excluding carboxylic acids is 1. The molecule has 2 amide bonds. The van der Waals surface area contributed by atoms with Crippen molar-refractivity contribution >= 4 is 44.7 Å². The largest absolute Gasteiger partial charge is 0.323 e. The fraction of sp³-hybridized carbons (Fsp3) is 0.235. The van der Waals surface area contributed by atoms with Gasteiger partial charge in [0.05, 0.1) is 11.4 Å². The fourth-order valence-electron chi connectivity index (χ4n) is 2.70. The average Bonchev–Trinajstić information content (AvgIpc) is 3.01. The quantitative estimate of drug-likeness (QED) is 0.850. The van der Waals surface area contributed by atoms with Crippen molar-refractivity contribution in [1.82, 2.24) is 0 Å². The van der Waals surface area contributed by atoms with Crippen LogP contribution in [0.4, 0.5) is 21.9 Å². The van der Waals surface area contributed by atoms with Crippen molar-refractivity contribution in [1.29, 1.82) is 0 Å². The zero-order valence-electron chi connectivity index (χ0n) is 13.6. The Bertz CT molecular complexity index is 898. The molecule has 3 rings (SSSR count). The lowest BCUT2D eigenvalue weighted by Gasteiger charge is -2.19. The third kappa shape index (κ3) is 3.88. The molecule has 8 heteroatoms. The summed E-state index contributed by atoms with van der Waals surface area (Å²) in [7, 11) is -3.32. The number of urea groups is 1. The van der Waals surface area contributed by atoms with Crippen LogP contribution in [-0.2, 0) is 16.4 Å². The van der Waals surface area contributed by atoms with Crippen LogP contribution in [-0.4, -0.2) is 26.7 Å². The van der Waals surface area contributed by atoms with Gasteiger partial charge in [0.2, 0.25) is 10.0 Å². The maximum Gasteiger partial charge on any atom is 0.323 e. The predicted octanol–water partition coefficient (Wildman–Crippen LogP) is 3.70. The van der Waals surface area contributed by atoms with Crippen molar-refractivity contribution in [3.63, 3.8) is 0 Å². The molecule has 0 aromatic heterocycles. The van der Waals surface area contributed by atoms with Crippen LogP contribution in [0.2, 0.25) is 5.02 Å². The Morgan fingerprint density at radius 3 is 2.44 bits per heavy atom. The standard InChI is InChI=1S/C17H18ClN3O3S/c1-2-25(23,24)21-10-9-12-3-6-15(11-16(12)21)20-17(22)19-14-7-4-13(18)5-8-14/h3-8,11H,2,9-10H2,1H3,(H2,19,20,22). The number of carbonyl (C=O) groups is 1. The van der Waals surface area contributed by atoms with Gasteiger partial charge in [0.25, 0.3) is 0 Å². The van der Waals surface area contributed by atoms with E-state index in [-0.39, 0.29) is 5.75 Å². The Morgan fingerprint density at radius 1 is 1.12 bits per heavy atom. The van der Waals surface area contributed by atoms with Crippen LogP contribution in [0, 0.1) is 0 Å². The third-order valence-corrected chi connectivity index (χ3v) is 6.03. The number of hydrogen-bond acceptors (Lipinski definition) is 3. The fourth-order valence-corrected chi connectivity index (χ4v) is 3.98. The molecular weight excluding hydrogens is 362 g/mol. The van der Waals surface area contributed by atoms with Crippen LogP contribution in [0.5, 0.6) is 0 Å². The van der Waals surface area contributed by atoms with E-state index in [9.17, 15) is 13.2 Å². The highest BCUT2D eigenvalue weighted by Gasteiger charge is 2.28. The van der Waals surface area contributed by atoms with E-state index in [2.05, 4.69) is 10.6 Å². The lowest BCUT2D eigenvalue weighted by molar-refractivity contribution is 0.262. The number of fused-ring (bicyclic) bond motifs is 1. The lowest BCUT2D eigenvalue weighted by atomic mass is 10.1. The predicted molar refractivity (Wildman–Crippen MR) is 101 cm³/mol. The van der Waals surface area contributed by atoms with Gasteiger partial charge in [-0.25, -0.2) is 13.2 Å². The number of halogens is 1. The highest BCUT2D eigenvalue weighted by Crippen LogP contribution is 2.33. The maximum absolute atomic E-state index is 12.2. The smallest absolute Gasteiger partial charge is 0.308 e. The molecule has 132 valence electrons. The van der Waals surface area contributed by atoms with Crippen molar-refractivity contribution < 1.29 is 13.2 Å². The Kier molecular flexibility index (Phi) is 4.87. The van der Waals surface area contributed by atoms with E-state index in [0.29, 0.717) is 35.1 Å². The van der Waals surface area contributed by atoms with Gasteiger partial charge in [-0.1, -0.05) is 17.7 Å². The highest BCUT2D eigenvalue weighted by molar-refractivity contribution is 7.92. The molecule has 0 spiro atoms. The minimum atomic E-state index is -3.32. The Labute approximate surface area is 151 Å². The normalized spacial score (nSPS) is 13.4. The number of benzene rings is 2. The number of hydrogen-bond donors (Lipinski definition) is 2. The first kappa shape index (κ1) is 17.6. The van der Waals surface area contributed by atoms with Crippen LogP contribution in [0.25, 0.3) is 0 Å². The summed E-state index contributed by atoms with van der Waals surface area (Å²) in [5, 5.41) is 6.00. The van der Waals surface area contributed by atoms with Crippen molar-refractivity contribution in [2.24, 2.45) is 0 Å². The summed E-state index contributed by atoms with van der Waals surface area (Å²) in [4.78, 5) is 12.1. The topological polar surface area (TPSA) is 78.5 Å². The van der Waals surface area contributed by atoms with Gasteiger partial charge in [0.1, 0.15) is 0 Å². The van der Waals surface area contributed by atoms with Crippen LogP contribution in [0.3, 0.4) is 0 Å². The van der Waals surface area contributed by atoms with Crippen LogP contribution in [0.15, 0.2) is 42.5 Å². The van der Waals surface area contributed by atoms with E-state index >= 15 is 0 Å². The molecule has 2 N–H and O–H groups in total. The number of anilines is 3. The van der Waals surface area contributed by atoms with Gasteiger partial charge in [0, 0.05) is 22.9 Å². The van der Waals surface area contributed by atoms with Crippen LogP contribution >= 0.6 is 11.6 Å². The van der Waals surface area contributed by atoms with Crippen molar-refractivity contribution in [3.8, 4) is 0 Å². The first-order chi connectivity index (χ1) is 11.9. The molecule has 0 saturated carbocycles. The Morgan fingerprint density at radius 2 is 1.76 bits per heavy atom. The van der Waals surface area contributed by atoms with E-state index in [4.69, 9.17) is 11.6 Å². The maximum atomic E-state index is 12.2. The number of amides is 2. The highest BCUT2D eigenvalue weighted by atomic mass is 35.5. The second-order valence-electron chi connectivity index (χ2n) is 5.65. The molecule has 1 aliphatic heterocycles. The third-order valence-electron chi connectivity index (χ3n) is 4.00. The molecule has 6 nitrogen and oxygen atoms in total. The molecule has 0 unspecified atom stereocenters.